The van der Waals surface area contributed by atoms with Gasteiger partial charge in [-0.3, -0.25) is 0 Å². The van der Waals surface area contributed by atoms with Crippen LogP contribution >= 0.6 is 0 Å². The fourth-order valence-corrected chi connectivity index (χ4v) is 3.32. The molecule has 0 aromatic rings. The van der Waals surface area contributed by atoms with Crippen LogP contribution in [-0.4, -0.2) is 39.9 Å². The first kappa shape index (κ1) is 15.3. The molecule has 2 N–H and O–H groups in total. The molecule has 1 aliphatic heterocycles. The van der Waals surface area contributed by atoms with Crippen LogP contribution in [0.25, 0.3) is 0 Å². The summed E-state index contributed by atoms with van der Waals surface area (Å²) < 4.78 is 5.22. The van der Waals surface area contributed by atoms with E-state index in [1.54, 1.807) is 0 Å². The average Bonchev–Trinajstić information content (AvgIpc) is 3.18. The number of hydrogen-bond acceptors (Lipinski definition) is 3. The molecule has 1 unspecified atom stereocenters. The second-order valence-electron chi connectivity index (χ2n) is 7.38. The molecule has 2 aliphatic rings. The standard InChI is InChI=1S/C16H32N2O/c1-15(2,14-5-4-9-17-11-14)12-18-13-16(6-7-16)8-10-19-3/h14,17-18H,4-13H2,1-3H3. The van der Waals surface area contributed by atoms with E-state index in [1.165, 1.54) is 51.7 Å². The second-order valence-corrected chi connectivity index (χ2v) is 7.38. The number of hydrogen-bond donors (Lipinski definition) is 2. The van der Waals surface area contributed by atoms with Crippen molar-refractivity contribution in [3.8, 4) is 0 Å². The van der Waals surface area contributed by atoms with Crippen LogP contribution in [0.3, 0.4) is 0 Å². The Balaban J connectivity index is 1.69. The van der Waals surface area contributed by atoms with Gasteiger partial charge in [-0.05, 0) is 61.9 Å². The van der Waals surface area contributed by atoms with Gasteiger partial charge in [0.1, 0.15) is 0 Å². The lowest BCUT2D eigenvalue weighted by atomic mass is 9.75. The normalized spacial score (nSPS) is 26.4. The molecule has 0 amide bonds. The van der Waals surface area contributed by atoms with Crippen molar-refractivity contribution in [1.82, 2.24) is 10.6 Å². The van der Waals surface area contributed by atoms with Crippen LogP contribution in [0, 0.1) is 16.7 Å². The minimum absolute atomic E-state index is 0.407. The van der Waals surface area contributed by atoms with Crippen molar-refractivity contribution in [3.63, 3.8) is 0 Å². The number of piperidine rings is 1. The molecule has 0 spiro atoms. The third-order valence-electron chi connectivity index (χ3n) is 5.28. The van der Waals surface area contributed by atoms with Crippen LogP contribution in [0.15, 0.2) is 0 Å². The van der Waals surface area contributed by atoms with E-state index in [0.717, 1.165) is 19.1 Å². The Bertz CT molecular complexity index is 268. The van der Waals surface area contributed by atoms with E-state index in [9.17, 15) is 0 Å². The van der Waals surface area contributed by atoms with Crippen molar-refractivity contribution in [1.29, 1.82) is 0 Å². The molecule has 1 saturated carbocycles. The zero-order valence-electron chi connectivity index (χ0n) is 13.1. The number of nitrogens with one attached hydrogen (secondary N) is 2. The number of rotatable bonds is 8. The minimum Gasteiger partial charge on any atom is -0.385 e. The summed E-state index contributed by atoms with van der Waals surface area (Å²) in [5, 5.41) is 7.29. The molecule has 3 nitrogen and oxygen atoms in total. The van der Waals surface area contributed by atoms with E-state index in [0.29, 0.717) is 10.8 Å². The summed E-state index contributed by atoms with van der Waals surface area (Å²) in [5.41, 5.74) is 0.974. The molecular formula is C16H32N2O. The molecule has 2 rings (SSSR count). The predicted molar refractivity (Wildman–Crippen MR) is 80.4 cm³/mol. The molecule has 112 valence electrons. The van der Waals surface area contributed by atoms with Crippen LogP contribution in [-0.2, 0) is 4.74 Å². The lowest BCUT2D eigenvalue weighted by Gasteiger charge is -2.38. The van der Waals surface area contributed by atoms with Gasteiger partial charge < -0.3 is 15.4 Å². The average molecular weight is 268 g/mol. The van der Waals surface area contributed by atoms with Crippen molar-refractivity contribution < 1.29 is 4.74 Å². The lowest BCUT2D eigenvalue weighted by Crippen LogP contribution is -2.44. The van der Waals surface area contributed by atoms with Crippen molar-refractivity contribution in [3.05, 3.63) is 0 Å². The maximum atomic E-state index is 5.22. The molecular weight excluding hydrogens is 236 g/mol. The van der Waals surface area contributed by atoms with Crippen LogP contribution in [0.2, 0.25) is 0 Å². The molecule has 1 saturated heterocycles. The SMILES string of the molecule is COCCC1(CNCC(C)(C)C2CCCNC2)CC1. The second kappa shape index (κ2) is 6.55. The third-order valence-corrected chi connectivity index (χ3v) is 5.28. The molecule has 0 bridgehead atoms. The molecule has 0 radical (unpaired) electrons. The zero-order chi connectivity index (χ0) is 13.8. The van der Waals surface area contributed by atoms with Gasteiger partial charge in [0.25, 0.3) is 0 Å². The van der Waals surface area contributed by atoms with Gasteiger partial charge >= 0.3 is 0 Å². The summed E-state index contributed by atoms with van der Waals surface area (Å²) >= 11 is 0. The summed E-state index contributed by atoms with van der Waals surface area (Å²) in [5.74, 6) is 0.822. The summed E-state index contributed by atoms with van der Waals surface area (Å²) in [6, 6.07) is 0. The highest BCUT2D eigenvalue weighted by Gasteiger charge is 2.42. The van der Waals surface area contributed by atoms with Crippen LogP contribution in [0.5, 0.6) is 0 Å². The van der Waals surface area contributed by atoms with Gasteiger partial charge in [0.2, 0.25) is 0 Å². The summed E-state index contributed by atoms with van der Waals surface area (Å²) in [6.45, 7) is 10.5. The first-order chi connectivity index (χ1) is 9.08. The summed E-state index contributed by atoms with van der Waals surface area (Å²) in [7, 11) is 1.81. The van der Waals surface area contributed by atoms with E-state index in [1.807, 2.05) is 7.11 Å². The zero-order valence-corrected chi connectivity index (χ0v) is 13.1. The van der Waals surface area contributed by atoms with Crippen LogP contribution < -0.4 is 10.6 Å². The van der Waals surface area contributed by atoms with Gasteiger partial charge in [0.15, 0.2) is 0 Å². The largest absolute Gasteiger partial charge is 0.385 e. The van der Waals surface area contributed by atoms with Gasteiger partial charge in [-0.1, -0.05) is 13.8 Å². The molecule has 0 aromatic carbocycles. The molecule has 3 heteroatoms. The van der Waals surface area contributed by atoms with E-state index in [4.69, 9.17) is 4.74 Å². The Hall–Kier alpha value is -0.120. The van der Waals surface area contributed by atoms with E-state index >= 15 is 0 Å². The highest BCUT2D eigenvalue weighted by Crippen LogP contribution is 2.48. The maximum absolute atomic E-state index is 5.22. The van der Waals surface area contributed by atoms with E-state index in [-0.39, 0.29) is 0 Å². The topological polar surface area (TPSA) is 33.3 Å². The molecule has 0 aromatic heterocycles. The lowest BCUT2D eigenvalue weighted by molar-refractivity contribution is 0.153. The van der Waals surface area contributed by atoms with Gasteiger partial charge in [-0.2, -0.15) is 0 Å². The highest BCUT2D eigenvalue weighted by atomic mass is 16.5. The predicted octanol–water partition coefficient (Wildman–Crippen LogP) is 2.42. The van der Waals surface area contributed by atoms with Crippen molar-refractivity contribution in [2.75, 3.05) is 39.9 Å². The fraction of sp³-hybridized carbons (Fsp3) is 1.00. The summed E-state index contributed by atoms with van der Waals surface area (Å²) in [4.78, 5) is 0. The molecule has 19 heavy (non-hydrogen) atoms. The Morgan fingerprint density at radius 1 is 1.37 bits per heavy atom. The van der Waals surface area contributed by atoms with Gasteiger partial charge in [0, 0.05) is 26.8 Å². The molecule has 1 heterocycles. The fourth-order valence-electron chi connectivity index (χ4n) is 3.32. The minimum atomic E-state index is 0.407. The molecule has 1 atom stereocenters. The summed E-state index contributed by atoms with van der Waals surface area (Å²) in [6.07, 6.45) is 6.72. The van der Waals surface area contributed by atoms with Gasteiger partial charge in [-0.15, -0.1) is 0 Å². The molecule has 2 fully saturated rings. The number of ether oxygens (including phenoxy) is 1. The first-order valence-electron chi connectivity index (χ1n) is 7.98. The van der Waals surface area contributed by atoms with E-state index in [2.05, 4.69) is 24.5 Å². The maximum Gasteiger partial charge on any atom is 0.0468 e. The smallest absolute Gasteiger partial charge is 0.0468 e. The van der Waals surface area contributed by atoms with Gasteiger partial charge in [-0.25, -0.2) is 0 Å². The van der Waals surface area contributed by atoms with Crippen LogP contribution in [0.4, 0.5) is 0 Å². The number of methoxy groups -OCH3 is 1. The van der Waals surface area contributed by atoms with Gasteiger partial charge in [0.05, 0.1) is 0 Å². The van der Waals surface area contributed by atoms with Crippen molar-refractivity contribution >= 4 is 0 Å². The third kappa shape index (κ3) is 4.44. The quantitative estimate of drug-likeness (QED) is 0.709. The van der Waals surface area contributed by atoms with E-state index < -0.39 is 0 Å². The van der Waals surface area contributed by atoms with Crippen LogP contribution in [0.1, 0.15) is 46.0 Å². The van der Waals surface area contributed by atoms with Crippen molar-refractivity contribution in [2.45, 2.75) is 46.0 Å². The van der Waals surface area contributed by atoms with Crippen molar-refractivity contribution in [2.24, 2.45) is 16.7 Å². The highest BCUT2D eigenvalue weighted by molar-refractivity contribution is 4.95. The first-order valence-corrected chi connectivity index (χ1v) is 7.98. The Morgan fingerprint density at radius 3 is 2.74 bits per heavy atom. The molecule has 1 aliphatic carbocycles. The Kier molecular flexibility index (Phi) is 5.27. The Morgan fingerprint density at radius 2 is 2.16 bits per heavy atom. The monoisotopic (exact) mass is 268 g/mol. The Labute approximate surface area is 118 Å².